The second kappa shape index (κ2) is 3.60. The number of hydrogen-bond acceptors (Lipinski definition) is 3. The first-order valence-electron chi connectivity index (χ1n) is 3.86. The van der Waals surface area contributed by atoms with Gasteiger partial charge in [0.25, 0.3) is 0 Å². The fourth-order valence-electron chi connectivity index (χ4n) is 1.15. The van der Waals surface area contributed by atoms with E-state index in [-0.39, 0.29) is 0 Å². The molecule has 0 saturated heterocycles. The van der Waals surface area contributed by atoms with Gasteiger partial charge in [0.05, 0.1) is 11.3 Å². The van der Waals surface area contributed by atoms with Crippen molar-refractivity contribution in [2.45, 2.75) is 0 Å². The lowest BCUT2D eigenvalue weighted by Gasteiger charge is -2.03. The maximum absolute atomic E-state index is 8.96. The van der Waals surface area contributed by atoms with E-state index >= 15 is 0 Å². The Morgan fingerprint density at radius 1 is 1.43 bits per heavy atom. The van der Waals surface area contributed by atoms with Crippen LogP contribution in [0.1, 0.15) is 5.56 Å². The first-order valence-corrected chi connectivity index (χ1v) is 4.66. The van der Waals surface area contributed by atoms with E-state index in [0.717, 1.165) is 10.2 Å². The van der Waals surface area contributed by atoms with Crippen LogP contribution < -0.4 is 0 Å². The number of aromatic nitrogens is 3. The Balaban J connectivity index is 2.66. The zero-order chi connectivity index (χ0) is 9.97. The summed E-state index contributed by atoms with van der Waals surface area (Å²) in [6.07, 6.45) is 2.99. The molecule has 0 aliphatic carbocycles. The van der Waals surface area contributed by atoms with Gasteiger partial charge in [-0.1, -0.05) is 6.07 Å². The lowest BCUT2D eigenvalue weighted by molar-refractivity contribution is 0.875. The van der Waals surface area contributed by atoms with Crippen LogP contribution in [0.2, 0.25) is 0 Å². The zero-order valence-corrected chi connectivity index (χ0v) is 8.64. The third-order valence-corrected chi connectivity index (χ3v) is 2.43. The number of halogens is 1. The number of nitrogens with zero attached hydrogens (tertiary/aromatic N) is 4. The maximum atomic E-state index is 8.96. The highest BCUT2D eigenvalue weighted by atomic mass is 79.9. The standard InChI is InChI=1S/C9H5BrN4/c10-8-2-1-3-9(7(8)4-11)14-6-12-5-13-14/h1-3,5-6H. The molecule has 1 heterocycles. The van der Waals surface area contributed by atoms with E-state index in [1.54, 1.807) is 11.0 Å². The van der Waals surface area contributed by atoms with Gasteiger partial charge in [0.15, 0.2) is 0 Å². The van der Waals surface area contributed by atoms with Crippen molar-refractivity contribution in [3.8, 4) is 11.8 Å². The lowest BCUT2D eigenvalue weighted by atomic mass is 10.2. The Labute approximate surface area is 88.9 Å². The molecule has 5 heteroatoms. The van der Waals surface area contributed by atoms with Crippen molar-refractivity contribution in [1.82, 2.24) is 14.8 Å². The van der Waals surface area contributed by atoms with Crippen molar-refractivity contribution in [3.05, 3.63) is 40.9 Å². The van der Waals surface area contributed by atoms with Crippen molar-refractivity contribution in [3.63, 3.8) is 0 Å². The van der Waals surface area contributed by atoms with E-state index in [4.69, 9.17) is 5.26 Å². The smallest absolute Gasteiger partial charge is 0.138 e. The van der Waals surface area contributed by atoms with E-state index < -0.39 is 0 Å². The van der Waals surface area contributed by atoms with Crippen molar-refractivity contribution in [2.75, 3.05) is 0 Å². The molecule has 4 nitrogen and oxygen atoms in total. The minimum absolute atomic E-state index is 0.554. The minimum Gasteiger partial charge on any atom is -0.223 e. The van der Waals surface area contributed by atoms with Gasteiger partial charge in [-0.2, -0.15) is 10.4 Å². The van der Waals surface area contributed by atoms with Crippen LogP contribution in [0.25, 0.3) is 5.69 Å². The molecule has 0 atom stereocenters. The molecular weight excluding hydrogens is 244 g/mol. The molecule has 0 bridgehead atoms. The van der Waals surface area contributed by atoms with Crippen LogP contribution in [0.4, 0.5) is 0 Å². The monoisotopic (exact) mass is 248 g/mol. The molecule has 14 heavy (non-hydrogen) atoms. The molecule has 0 fully saturated rings. The van der Waals surface area contributed by atoms with Gasteiger partial charge in [0, 0.05) is 4.47 Å². The summed E-state index contributed by atoms with van der Waals surface area (Å²) in [6, 6.07) is 7.60. The molecule has 0 N–H and O–H groups in total. The van der Waals surface area contributed by atoms with Gasteiger partial charge >= 0.3 is 0 Å². The van der Waals surface area contributed by atoms with E-state index in [1.165, 1.54) is 6.33 Å². The summed E-state index contributed by atoms with van der Waals surface area (Å²) in [7, 11) is 0. The third-order valence-electron chi connectivity index (χ3n) is 1.77. The highest BCUT2D eigenvalue weighted by Crippen LogP contribution is 2.21. The van der Waals surface area contributed by atoms with Crippen LogP contribution >= 0.6 is 15.9 Å². The van der Waals surface area contributed by atoms with Gasteiger partial charge in [-0.05, 0) is 28.1 Å². The molecule has 0 aliphatic rings. The summed E-state index contributed by atoms with van der Waals surface area (Å²) in [6.45, 7) is 0. The maximum Gasteiger partial charge on any atom is 0.138 e. The molecule has 0 amide bonds. The van der Waals surface area contributed by atoms with E-state index in [0.29, 0.717) is 5.56 Å². The van der Waals surface area contributed by atoms with Gasteiger partial charge in [-0.15, -0.1) is 0 Å². The van der Waals surface area contributed by atoms with Gasteiger partial charge in [-0.3, -0.25) is 0 Å². The Kier molecular flexibility index (Phi) is 2.29. The second-order valence-corrected chi connectivity index (χ2v) is 3.44. The fraction of sp³-hybridized carbons (Fsp3) is 0. The summed E-state index contributed by atoms with van der Waals surface area (Å²) >= 11 is 3.31. The Morgan fingerprint density at radius 3 is 2.93 bits per heavy atom. The van der Waals surface area contributed by atoms with Crippen LogP contribution in [0.5, 0.6) is 0 Å². The first-order chi connectivity index (χ1) is 6.83. The largest absolute Gasteiger partial charge is 0.223 e. The SMILES string of the molecule is N#Cc1c(Br)cccc1-n1cncn1. The van der Waals surface area contributed by atoms with Crippen molar-refractivity contribution in [1.29, 1.82) is 5.26 Å². The predicted molar refractivity (Wildman–Crippen MR) is 53.8 cm³/mol. The van der Waals surface area contributed by atoms with E-state index in [2.05, 4.69) is 32.1 Å². The average Bonchev–Trinajstić information content (AvgIpc) is 2.70. The van der Waals surface area contributed by atoms with E-state index in [9.17, 15) is 0 Å². The number of nitriles is 1. The lowest BCUT2D eigenvalue weighted by Crippen LogP contribution is -1.98. The van der Waals surface area contributed by atoms with Crippen molar-refractivity contribution < 1.29 is 0 Å². The molecule has 0 unspecified atom stereocenters. The van der Waals surface area contributed by atoms with Crippen LogP contribution in [0.3, 0.4) is 0 Å². The highest BCUT2D eigenvalue weighted by molar-refractivity contribution is 9.10. The summed E-state index contributed by atoms with van der Waals surface area (Å²) in [5.74, 6) is 0. The molecule has 1 aromatic heterocycles. The molecular formula is C9H5BrN4. The van der Waals surface area contributed by atoms with Crippen LogP contribution in [0, 0.1) is 11.3 Å². The van der Waals surface area contributed by atoms with Crippen molar-refractivity contribution >= 4 is 15.9 Å². The average molecular weight is 249 g/mol. The third kappa shape index (κ3) is 1.40. The minimum atomic E-state index is 0.554. The molecule has 0 saturated carbocycles. The second-order valence-electron chi connectivity index (χ2n) is 2.59. The molecule has 1 aromatic carbocycles. The van der Waals surface area contributed by atoms with Crippen LogP contribution in [-0.2, 0) is 0 Å². The van der Waals surface area contributed by atoms with Crippen LogP contribution in [0.15, 0.2) is 35.3 Å². The quantitative estimate of drug-likeness (QED) is 0.775. The normalized spacial score (nSPS) is 9.71. The molecule has 0 radical (unpaired) electrons. The first kappa shape index (κ1) is 8.91. The van der Waals surface area contributed by atoms with Gasteiger partial charge in [0.1, 0.15) is 18.7 Å². The molecule has 0 aliphatic heterocycles. The summed E-state index contributed by atoms with van der Waals surface area (Å²) in [4.78, 5) is 3.83. The summed E-state index contributed by atoms with van der Waals surface area (Å²) < 4.78 is 2.32. The Bertz CT molecular complexity index is 484. The number of hydrogen-bond donors (Lipinski definition) is 0. The predicted octanol–water partition coefficient (Wildman–Crippen LogP) is 1.90. The van der Waals surface area contributed by atoms with E-state index in [1.807, 2.05) is 18.2 Å². The fourth-order valence-corrected chi connectivity index (χ4v) is 1.59. The van der Waals surface area contributed by atoms with Gasteiger partial charge < -0.3 is 0 Å². The Hall–Kier alpha value is -1.67. The van der Waals surface area contributed by atoms with Gasteiger partial charge in [0.2, 0.25) is 0 Å². The molecule has 2 rings (SSSR count). The summed E-state index contributed by atoms with van der Waals surface area (Å²) in [5.41, 5.74) is 1.28. The number of benzene rings is 1. The topological polar surface area (TPSA) is 54.5 Å². The highest BCUT2D eigenvalue weighted by Gasteiger charge is 2.07. The van der Waals surface area contributed by atoms with Crippen LogP contribution in [-0.4, -0.2) is 14.8 Å². The molecule has 68 valence electrons. The molecule has 0 spiro atoms. The summed E-state index contributed by atoms with van der Waals surface area (Å²) in [5, 5.41) is 12.9. The van der Waals surface area contributed by atoms with Crippen molar-refractivity contribution in [2.24, 2.45) is 0 Å². The number of rotatable bonds is 1. The molecule has 2 aromatic rings. The zero-order valence-electron chi connectivity index (χ0n) is 7.05. The van der Waals surface area contributed by atoms with Gasteiger partial charge in [-0.25, -0.2) is 9.67 Å². The Morgan fingerprint density at radius 2 is 2.29 bits per heavy atom.